The molecule has 0 radical (unpaired) electrons. The van der Waals surface area contributed by atoms with Crippen molar-refractivity contribution in [1.29, 1.82) is 0 Å². The van der Waals surface area contributed by atoms with Crippen molar-refractivity contribution in [3.05, 3.63) is 59.7 Å². The zero-order valence-electron chi connectivity index (χ0n) is 12.4. The molecular weight excluding hydrogens is 332 g/mol. The van der Waals surface area contributed by atoms with Crippen LogP contribution in [0.2, 0.25) is 0 Å². The molecule has 0 N–H and O–H groups in total. The molecule has 0 fully saturated rings. The van der Waals surface area contributed by atoms with E-state index in [0.717, 1.165) is 17.9 Å². The molecule has 0 nitrogen and oxygen atoms in total. The van der Waals surface area contributed by atoms with E-state index in [1.54, 1.807) is 0 Å². The summed E-state index contributed by atoms with van der Waals surface area (Å²) in [4.78, 5) is 2.68. The standard InChI is InChI=1S/C17H20S4/c1-3-18-20-16-9-5-14(6-10-16)13-15-7-11-17(12-8-15)21-19-4-2/h5-12H,3-4,13H2,1-2H3. The lowest BCUT2D eigenvalue weighted by Gasteiger charge is -2.05. The average Bonchev–Trinajstić information content (AvgIpc) is 2.53. The molecule has 0 saturated carbocycles. The zero-order valence-corrected chi connectivity index (χ0v) is 15.6. The summed E-state index contributed by atoms with van der Waals surface area (Å²) in [6.45, 7) is 4.37. The second-order valence-corrected chi connectivity index (χ2v) is 9.76. The van der Waals surface area contributed by atoms with E-state index in [0.29, 0.717) is 0 Å². The normalized spacial score (nSPS) is 10.8. The van der Waals surface area contributed by atoms with Gasteiger partial charge in [-0.3, -0.25) is 0 Å². The van der Waals surface area contributed by atoms with Gasteiger partial charge < -0.3 is 0 Å². The van der Waals surface area contributed by atoms with Crippen LogP contribution in [0.5, 0.6) is 0 Å². The second-order valence-electron chi connectivity index (χ2n) is 4.44. The number of benzene rings is 2. The summed E-state index contributed by atoms with van der Waals surface area (Å²) in [5.74, 6) is 2.29. The first-order valence-electron chi connectivity index (χ1n) is 7.08. The van der Waals surface area contributed by atoms with Crippen LogP contribution < -0.4 is 0 Å². The highest BCUT2D eigenvalue weighted by Crippen LogP contribution is 2.32. The SMILES string of the molecule is CCSSc1ccc(Cc2ccc(SSCC)cc2)cc1. The minimum absolute atomic E-state index is 1.01. The van der Waals surface area contributed by atoms with E-state index in [1.165, 1.54) is 20.9 Å². The summed E-state index contributed by atoms with van der Waals surface area (Å²) in [6, 6.07) is 17.9. The summed E-state index contributed by atoms with van der Waals surface area (Å²) >= 11 is 0. The van der Waals surface area contributed by atoms with E-state index in [-0.39, 0.29) is 0 Å². The van der Waals surface area contributed by atoms with E-state index in [2.05, 4.69) is 62.4 Å². The third-order valence-electron chi connectivity index (χ3n) is 2.80. The lowest BCUT2D eigenvalue weighted by Crippen LogP contribution is -1.87. The van der Waals surface area contributed by atoms with Gasteiger partial charge in [-0.1, -0.05) is 81.3 Å². The van der Waals surface area contributed by atoms with Crippen molar-refractivity contribution in [3.8, 4) is 0 Å². The van der Waals surface area contributed by atoms with Crippen LogP contribution in [0.4, 0.5) is 0 Å². The van der Waals surface area contributed by atoms with Gasteiger partial charge >= 0.3 is 0 Å². The van der Waals surface area contributed by atoms with Gasteiger partial charge in [-0.2, -0.15) is 0 Å². The number of rotatable bonds is 8. The molecule has 0 bridgehead atoms. The van der Waals surface area contributed by atoms with Crippen molar-refractivity contribution in [2.24, 2.45) is 0 Å². The molecule has 2 aromatic rings. The van der Waals surface area contributed by atoms with Crippen molar-refractivity contribution < 1.29 is 0 Å². The fraction of sp³-hybridized carbons (Fsp3) is 0.294. The molecule has 2 aromatic carbocycles. The van der Waals surface area contributed by atoms with Gasteiger partial charge in [0.2, 0.25) is 0 Å². The maximum Gasteiger partial charge on any atom is 0.0182 e. The van der Waals surface area contributed by atoms with Crippen LogP contribution in [0.25, 0.3) is 0 Å². The Labute approximate surface area is 144 Å². The molecule has 0 heterocycles. The summed E-state index contributed by atoms with van der Waals surface area (Å²) in [6.07, 6.45) is 1.01. The maximum atomic E-state index is 2.24. The van der Waals surface area contributed by atoms with Crippen molar-refractivity contribution in [3.63, 3.8) is 0 Å². The Hall–Kier alpha value is -0.160. The van der Waals surface area contributed by atoms with E-state index in [4.69, 9.17) is 0 Å². The van der Waals surface area contributed by atoms with Gasteiger partial charge in [0.05, 0.1) is 0 Å². The molecule has 0 aliphatic carbocycles. The first-order valence-corrected chi connectivity index (χ1v) is 11.7. The quantitative estimate of drug-likeness (QED) is 0.479. The predicted octanol–water partition coefficient (Wildman–Crippen LogP) is 6.80. The van der Waals surface area contributed by atoms with Gasteiger partial charge in [0.15, 0.2) is 0 Å². The van der Waals surface area contributed by atoms with Gasteiger partial charge in [-0.05, 0) is 41.8 Å². The van der Waals surface area contributed by atoms with E-state index in [1.807, 2.05) is 43.2 Å². The zero-order chi connectivity index (χ0) is 14.9. The largest absolute Gasteiger partial charge is 0.0892 e. The van der Waals surface area contributed by atoms with E-state index in [9.17, 15) is 0 Å². The molecule has 0 spiro atoms. The Bertz CT molecular complexity index is 470. The third-order valence-corrected chi connectivity index (χ3v) is 7.71. The molecule has 0 aliphatic heterocycles. The highest BCUT2D eigenvalue weighted by atomic mass is 33.1. The smallest absolute Gasteiger partial charge is 0.0182 e. The fourth-order valence-corrected chi connectivity index (χ4v) is 5.01. The second kappa shape index (κ2) is 9.78. The molecule has 0 atom stereocenters. The van der Waals surface area contributed by atoms with Gasteiger partial charge in [0, 0.05) is 21.3 Å². The Balaban J connectivity index is 1.91. The monoisotopic (exact) mass is 352 g/mol. The average molecular weight is 353 g/mol. The van der Waals surface area contributed by atoms with Crippen LogP contribution in [0.15, 0.2) is 58.3 Å². The van der Waals surface area contributed by atoms with Crippen LogP contribution in [0.1, 0.15) is 25.0 Å². The highest BCUT2D eigenvalue weighted by Gasteiger charge is 1.99. The topological polar surface area (TPSA) is 0 Å². The molecule has 2 rings (SSSR count). The molecule has 0 aliphatic rings. The van der Waals surface area contributed by atoms with Gasteiger partial charge in [0.1, 0.15) is 0 Å². The predicted molar refractivity (Wildman–Crippen MR) is 104 cm³/mol. The van der Waals surface area contributed by atoms with Crippen LogP contribution in [0, 0.1) is 0 Å². The first-order chi connectivity index (χ1) is 10.3. The Morgan fingerprint density at radius 3 is 1.33 bits per heavy atom. The molecule has 4 heteroatoms. The first kappa shape index (κ1) is 17.2. The van der Waals surface area contributed by atoms with Crippen molar-refractivity contribution >= 4 is 43.2 Å². The van der Waals surface area contributed by atoms with Crippen LogP contribution >= 0.6 is 43.2 Å². The van der Waals surface area contributed by atoms with Crippen LogP contribution in [-0.2, 0) is 6.42 Å². The summed E-state index contributed by atoms with van der Waals surface area (Å²) in [5, 5.41) is 0. The maximum absolute atomic E-state index is 2.24. The highest BCUT2D eigenvalue weighted by molar-refractivity contribution is 8.77. The summed E-state index contributed by atoms with van der Waals surface area (Å²) < 4.78 is 0. The Morgan fingerprint density at radius 2 is 1.00 bits per heavy atom. The minimum Gasteiger partial charge on any atom is -0.0892 e. The molecule has 21 heavy (non-hydrogen) atoms. The van der Waals surface area contributed by atoms with Crippen LogP contribution in [0.3, 0.4) is 0 Å². The van der Waals surface area contributed by atoms with Gasteiger partial charge in [-0.25, -0.2) is 0 Å². The molecule has 112 valence electrons. The van der Waals surface area contributed by atoms with Gasteiger partial charge in [0.25, 0.3) is 0 Å². The number of hydrogen-bond acceptors (Lipinski definition) is 4. The molecular formula is C17H20S4. The molecule has 0 saturated heterocycles. The minimum atomic E-state index is 1.01. The van der Waals surface area contributed by atoms with Crippen molar-refractivity contribution in [2.45, 2.75) is 30.1 Å². The summed E-state index contributed by atoms with van der Waals surface area (Å²) in [7, 11) is 7.50. The molecule has 0 amide bonds. The molecule has 0 aromatic heterocycles. The van der Waals surface area contributed by atoms with Crippen molar-refractivity contribution in [1.82, 2.24) is 0 Å². The Morgan fingerprint density at radius 1 is 0.619 bits per heavy atom. The third kappa shape index (κ3) is 6.23. The lowest BCUT2D eigenvalue weighted by molar-refractivity contribution is 1.17. The number of hydrogen-bond donors (Lipinski definition) is 0. The Kier molecular flexibility index (Phi) is 8.01. The van der Waals surface area contributed by atoms with Gasteiger partial charge in [-0.15, -0.1) is 0 Å². The molecule has 0 unspecified atom stereocenters. The van der Waals surface area contributed by atoms with Crippen LogP contribution in [-0.4, -0.2) is 11.5 Å². The fourth-order valence-electron chi connectivity index (χ4n) is 1.82. The van der Waals surface area contributed by atoms with Crippen molar-refractivity contribution in [2.75, 3.05) is 11.5 Å². The van der Waals surface area contributed by atoms with E-state index >= 15 is 0 Å². The van der Waals surface area contributed by atoms with E-state index < -0.39 is 0 Å². The summed E-state index contributed by atoms with van der Waals surface area (Å²) in [5.41, 5.74) is 2.76. The lowest BCUT2D eigenvalue weighted by atomic mass is 10.1.